The minimum Gasteiger partial charge on any atom is -0.332 e. The predicted molar refractivity (Wildman–Crippen MR) is 110 cm³/mol. The summed E-state index contributed by atoms with van der Waals surface area (Å²) in [6.45, 7) is 2.10. The summed E-state index contributed by atoms with van der Waals surface area (Å²) in [5, 5.41) is 7.27. The van der Waals surface area contributed by atoms with E-state index in [-0.39, 0.29) is 11.9 Å². The molecule has 0 radical (unpaired) electrons. The van der Waals surface area contributed by atoms with Crippen LogP contribution in [0.3, 0.4) is 0 Å². The lowest BCUT2D eigenvalue weighted by Crippen LogP contribution is -2.44. The van der Waals surface area contributed by atoms with Crippen LogP contribution < -0.4 is 0 Å². The van der Waals surface area contributed by atoms with Gasteiger partial charge in [0.1, 0.15) is 0 Å². The van der Waals surface area contributed by atoms with E-state index in [2.05, 4.69) is 58.4 Å². The first-order valence-electron chi connectivity index (χ1n) is 10.2. The smallest absolute Gasteiger partial charge is 0.254 e. The second-order valence-corrected chi connectivity index (χ2v) is 8.16. The summed E-state index contributed by atoms with van der Waals surface area (Å²) < 4.78 is 0. The monoisotopic (exact) mass is 371 g/mol. The number of benzene rings is 2. The van der Waals surface area contributed by atoms with E-state index in [0.717, 1.165) is 43.2 Å². The van der Waals surface area contributed by atoms with Crippen LogP contribution in [-0.2, 0) is 12.8 Å². The van der Waals surface area contributed by atoms with Gasteiger partial charge in [0, 0.05) is 23.3 Å². The van der Waals surface area contributed by atoms with E-state index in [1.807, 2.05) is 18.3 Å². The molecule has 2 aromatic carbocycles. The van der Waals surface area contributed by atoms with Gasteiger partial charge in [-0.15, -0.1) is 0 Å². The molecule has 142 valence electrons. The fourth-order valence-corrected chi connectivity index (χ4v) is 4.40. The summed E-state index contributed by atoms with van der Waals surface area (Å²) in [7, 11) is 0. The van der Waals surface area contributed by atoms with Crippen LogP contribution in [-0.4, -0.2) is 33.1 Å². The van der Waals surface area contributed by atoms with Crippen molar-refractivity contribution >= 4 is 5.91 Å². The van der Waals surface area contributed by atoms with Gasteiger partial charge >= 0.3 is 0 Å². The van der Waals surface area contributed by atoms with Gasteiger partial charge in [0.05, 0.1) is 6.20 Å². The molecular formula is C24H25N3O. The molecule has 1 N–H and O–H groups in total. The van der Waals surface area contributed by atoms with E-state index in [1.165, 1.54) is 22.4 Å². The number of amides is 1. The zero-order valence-corrected chi connectivity index (χ0v) is 16.2. The summed E-state index contributed by atoms with van der Waals surface area (Å²) in [6.07, 6.45) is 7.08. The van der Waals surface area contributed by atoms with Crippen molar-refractivity contribution in [3.63, 3.8) is 0 Å². The maximum Gasteiger partial charge on any atom is 0.254 e. The molecule has 1 unspecified atom stereocenters. The van der Waals surface area contributed by atoms with Gasteiger partial charge in [-0.2, -0.15) is 5.10 Å². The van der Waals surface area contributed by atoms with Crippen molar-refractivity contribution in [2.45, 2.75) is 51.1 Å². The number of hydrogen-bond donors (Lipinski definition) is 1. The minimum absolute atomic E-state index is 0.176. The Morgan fingerprint density at radius 2 is 1.86 bits per heavy atom. The zero-order chi connectivity index (χ0) is 19.1. The molecule has 0 saturated heterocycles. The topological polar surface area (TPSA) is 49.0 Å². The lowest BCUT2D eigenvalue weighted by Gasteiger charge is -2.34. The van der Waals surface area contributed by atoms with Gasteiger partial charge in [0.25, 0.3) is 5.91 Å². The summed E-state index contributed by atoms with van der Waals surface area (Å²) in [6, 6.07) is 17.3. The molecule has 2 aliphatic rings. The van der Waals surface area contributed by atoms with E-state index in [4.69, 9.17) is 0 Å². The molecule has 3 aromatic rings. The highest BCUT2D eigenvalue weighted by atomic mass is 16.2. The summed E-state index contributed by atoms with van der Waals surface area (Å²) in [5.74, 6) is 0.176. The van der Waals surface area contributed by atoms with Crippen LogP contribution in [0.25, 0.3) is 11.1 Å². The number of nitrogens with zero attached hydrogens (tertiary/aromatic N) is 2. The van der Waals surface area contributed by atoms with Crippen LogP contribution in [0.5, 0.6) is 0 Å². The van der Waals surface area contributed by atoms with Gasteiger partial charge in [-0.3, -0.25) is 9.89 Å². The van der Waals surface area contributed by atoms with Crippen molar-refractivity contribution in [2.24, 2.45) is 0 Å². The normalized spacial score (nSPS) is 18.5. The van der Waals surface area contributed by atoms with Crippen LogP contribution >= 0.6 is 0 Å². The van der Waals surface area contributed by atoms with Crippen molar-refractivity contribution in [2.75, 3.05) is 0 Å². The lowest BCUT2D eigenvalue weighted by atomic mass is 9.91. The predicted octanol–water partition coefficient (Wildman–Crippen LogP) is 4.55. The highest BCUT2D eigenvalue weighted by Gasteiger charge is 2.39. The molecule has 4 nitrogen and oxygen atoms in total. The number of aromatic amines is 1. The number of H-pyrrole nitrogens is 1. The molecule has 0 spiro atoms. The first-order chi connectivity index (χ1) is 13.7. The molecule has 28 heavy (non-hydrogen) atoms. The van der Waals surface area contributed by atoms with Crippen LogP contribution in [0.2, 0.25) is 0 Å². The molecule has 2 aliphatic carbocycles. The van der Waals surface area contributed by atoms with Gasteiger partial charge in [-0.1, -0.05) is 42.0 Å². The number of hydrogen-bond acceptors (Lipinski definition) is 2. The first-order valence-corrected chi connectivity index (χ1v) is 10.2. The minimum atomic E-state index is 0.176. The van der Waals surface area contributed by atoms with Gasteiger partial charge < -0.3 is 4.90 Å². The third-order valence-corrected chi connectivity index (χ3v) is 6.04. The largest absolute Gasteiger partial charge is 0.332 e. The van der Waals surface area contributed by atoms with Gasteiger partial charge in [-0.25, -0.2) is 0 Å². The van der Waals surface area contributed by atoms with Crippen molar-refractivity contribution in [3.8, 4) is 11.1 Å². The Bertz CT molecular complexity index is 1000. The third-order valence-electron chi connectivity index (χ3n) is 6.04. The zero-order valence-electron chi connectivity index (χ0n) is 16.2. The molecule has 4 heteroatoms. The Morgan fingerprint density at radius 1 is 1.04 bits per heavy atom. The Hall–Kier alpha value is -2.88. The second-order valence-electron chi connectivity index (χ2n) is 8.16. The van der Waals surface area contributed by atoms with Crippen LogP contribution in [0.15, 0.2) is 54.7 Å². The van der Waals surface area contributed by atoms with Crippen molar-refractivity contribution in [3.05, 3.63) is 77.1 Å². The van der Waals surface area contributed by atoms with E-state index >= 15 is 0 Å². The molecular weight excluding hydrogens is 346 g/mol. The number of aromatic nitrogens is 2. The van der Waals surface area contributed by atoms with Gasteiger partial charge in [0.2, 0.25) is 0 Å². The number of carbonyl (C=O) groups excluding carboxylic acids is 1. The number of rotatable bonds is 4. The molecule has 1 atom stereocenters. The number of aryl methyl sites for hydroxylation is 2. The highest BCUT2D eigenvalue weighted by molar-refractivity contribution is 5.95. The Balaban J connectivity index is 1.38. The van der Waals surface area contributed by atoms with E-state index in [9.17, 15) is 4.79 Å². The average Bonchev–Trinajstić information content (AvgIpc) is 3.44. The summed E-state index contributed by atoms with van der Waals surface area (Å²) in [4.78, 5) is 15.5. The second kappa shape index (κ2) is 6.93. The molecule has 1 aromatic heterocycles. The summed E-state index contributed by atoms with van der Waals surface area (Å²) >= 11 is 0. The molecule has 1 fully saturated rings. The molecule has 5 rings (SSSR count). The fourth-order valence-electron chi connectivity index (χ4n) is 4.40. The quantitative estimate of drug-likeness (QED) is 0.731. The van der Waals surface area contributed by atoms with Crippen molar-refractivity contribution in [1.29, 1.82) is 0 Å². The van der Waals surface area contributed by atoms with Crippen molar-refractivity contribution < 1.29 is 4.79 Å². The molecule has 1 saturated carbocycles. The average molecular weight is 371 g/mol. The number of fused-ring (bicyclic) bond motifs is 1. The molecule has 0 aliphatic heterocycles. The van der Waals surface area contributed by atoms with Crippen LogP contribution in [0.1, 0.15) is 46.4 Å². The van der Waals surface area contributed by atoms with Gasteiger partial charge in [-0.05, 0) is 67.9 Å². The lowest BCUT2D eigenvalue weighted by molar-refractivity contribution is 0.0643. The maximum absolute atomic E-state index is 13.4. The Labute approximate surface area is 165 Å². The Morgan fingerprint density at radius 3 is 2.61 bits per heavy atom. The summed E-state index contributed by atoms with van der Waals surface area (Å²) in [5.41, 5.74) is 6.89. The molecule has 1 amide bonds. The van der Waals surface area contributed by atoms with E-state index in [1.54, 1.807) is 0 Å². The van der Waals surface area contributed by atoms with E-state index < -0.39 is 0 Å². The first kappa shape index (κ1) is 17.2. The molecule has 0 bridgehead atoms. The maximum atomic E-state index is 13.4. The molecule has 1 heterocycles. The standard InChI is InChI=1S/C24H25N3O/c1-16-3-2-4-19(13-16)17-5-7-18(8-6-17)24(28)27(21-9-10-21)22-11-12-23-20(14-22)15-25-26-23/h2-8,13,15,21-22H,9-12,14H2,1H3,(H,25,26). The number of nitrogens with one attached hydrogen (secondary N) is 1. The van der Waals surface area contributed by atoms with E-state index in [0.29, 0.717) is 6.04 Å². The third kappa shape index (κ3) is 3.24. The highest BCUT2D eigenvalue weighted by Crippen LogP contribution is 2.34. The fraction of sp³-hybridized carbons (Fsp3) is 0.333. The van der Waals surface area contributed by atoms with Gasteiger partial charge in [0.15, 0.2) is 0 Å². The van der Waals surface area contributed by atoms with Crippen LogP contribution in [0, 0.1) is 6.92 Å². The number of carbonyl (C=O) groups is 1. The Kier molecular flexibility index (Phi) is 4.27. The SMILES string of the molecule is Cc1cccc(-c2ccc(C(=O)N(C3CC3)C3CCc4[nH]ncc4C3)cc2)c1. The van der Waals surface area contributed by atoms with Crippen molar-refractivity contribution in [1.82, 2.24) is 15.1 Å². The van der Waals surface area contributed by atoms with Crippen LogP contribution in [0.4, 0.5) is 0 Å².